The zero-order chi connectivity index (χ0) is 18.8. The van der Waals surface area contributed by atoms with Crippen LogP contribution in [0.15, 0.2) is 33.3 Å². The van der Waals surface area contributed by atoms with E-state index in [1.165, 1.54) is 18.3 Å². The number of aromatic nitrogens is 3. The van der Waals surface area contributed by atoms with Gasteiger partial charge in [0, 0.05) is 38.5 Å². The van der Waals surface area contributed by atoms with Crippen LogP contribution in [0.2, 0.25) is 0 Å². The van der Waals surface area contributed by atoms with Crippen molar-refractivity contribution in [1.82, 2.24) is 25.3 Å². The molecule has 1 fully saturated rings. The van der Waals surface area contributed by atoms with E-state index in [-0.39, 0.29) is 17.4 Å². The fraction of sp³-hybridized carbons (Fsp3) is 0.389. The lowest BCUT2D eigenvalue weighted by molar-refractivity contribution is 0.190. The Kier molecular flexibility index (Phi) is 4.95. The molecule has 1 aliphatic rings. The Hall–Kier alpha value is -2.65. The summed E-state index contributed by atoms with van der Waals surface area (Å²) in [5, 5.41) is 7.39. The number of nitrogens with one attached hydrogen (secondary N) is 1. The molecular weight excluding hydrogens is 356 g/mol. The summed E-state index contributed by atoms with van der Waals surface area (Å²) in [6.45, 7) is 2.65. The van der Waals surface area contributed by atoms with Crippen molar-refractivity contribution in [2.75, 3.05) is 26.7 Å². The number of benzene rings is 1. The van der Waals surface area contributed by atoms with Crippen LogP contribution in [0.3, 0.4) is 0 Å². The monoisotopic (exact) mass is 375 g/mol. The molecule has 1 unspecified atom stereocenters. The number of hydrogen-bond donors (Lipinski definition) is 1. The predicted molar refractivity (Wildman–Crippen MR) is 91.8 cm³/mol. The van der Waals surface area contributed by atoms with Gasteiger partial charge in [-0.05, 0) is 19.2 Å². The third kappa shape index (κ3) is 3.88. The number of nitrogens with zero attached hydrogens (tertiary/aromatic N) is 4. The van der Waals surface area contributed by atoms with Crippen molar-refractivity contribution in [1.29, 1.82) is 0 Å². The first-order valence-electron chi connectivity index (χ1n) is 8.74. The largest absolute Gasteiger partial charge is 0.441 e. The average Bonchev–Trinajstić information content (AvgIpc) is 3.30. The van der Waals surface area contributed by atoms with E-state index >= 15 is 0 Å². The van der Waals surface area contributed by atoms with Gasteiger partial charge in [-0.3, -0.25) is 4.90 Å². The lowest BCUT2D eigenvalue weighted by Crippen LogP contribution is -2.44. The third-order valence-corrected chi connectivity index (χ3v) is 4.60. The zero-order valence-corrected chi connectivity index (χ0v) is 14.8. The number of piperazine rings is 1. The molecule has 7 nitrogen and oxygen atoms in total. The van der Waals surface area contributed by atoms with Gasteiger partial charge >= 0.3 is 0 Å². The first kappa shape index (κ1) is 17.7. The van der Waals surface area contributed by atoms with Crippen molar-refractivity contribution in [2.24, 2.45) is 0 Å². The van der Waals surface area contributed by atoms with Gasteiger partial charge in [0.25, 0.3) is 0 Å². The summed E-state index contributed by atoms with van der Waals surface area (Å²) >= 11 is 0. The van der Waals surface area contributed by atoms with E-state index in [9.17, 15) is 8.78 Å². The number of oxazole rings is 1. The highest BCUT2D eigenvalue weighted by atomic mass is 19.1. The SMILES string of the molecule is CN1CCNCC1c1noc(CCc2ncc(-c3ccc(F)cc3F)o2)n1. The van der Waals surface area contributed by atoms with E-state index in [1.807, 2.05) is 7.05 Å². The van der Waals surface area contributed by atoms with E-state index < -0.39 is 11.6 Å². The Morgan fingerprint density at radius 2 is 2.11 bits per heavy atom. The lowest BCUT2D eigenvalue weighted by Gasteiger charge is -2.30. The molecule has 1 saturated heterocycles. The maximum absolute atomic E-state index is 13.8. The molecule has 1 aliphatic heterocycles. The smallest absolute Gasteiger partial charge is 0.227 e. The minimum absolute atomic E-state index is 0.0889. The van der Waals surface area contributed by atoms with E-state index in [0.29, 0.717) is 30.4 Å². The van der Waals surface area contributed by atoms with Crippen molar-refractivity contribution < 1.29 is 17.7 Å². The molecule has 2 aromatic heterocycles. The van der Waals surface area contributed by atoms with Crippen LogP contribution in [0.5, 0.6) is 0 Å². The zero-order valence-electron chi connectivity index (χ0n) is 14.8. The molecule has 0 amide bonds. The minimum atomic E-state index is -0.690. The van der Waals surface area contributed by atoms with Crippen LogP contribution in [-0.4, -0.2) is 46.7 Å². The standard InChI is InChI=1S/C18H19F2N5O2/c1-25-7-6-21-9-14(25)18-23-17(27-24-18)5-4-16-22-10-15(26-16)12-3-2-11(19)8-13(12)20/h2-3,8,10,14,21H,4-7,9H2,1H3. The molecule has 3 heterocycles. The molecule has 4 rings (SSSR count). The van der Waals surface area contributed by atoms with Gasteiger partial charge in [-0.25, -0.2) is 13.8 Å². The van der Waals surface area contributed by atoms with E-state index in [0.717, 1.165) is 25.7 Å². The molecule has 0 radical (unpaired) electrons. The molecule has 1 atom stereocenters. The fourth-order valence-electron chi connectivity index (χ4n) is 3.05. The van der Waals surface area contributed by atoms with Gasteiger partial charge < -0.3 is 14.3 Å². The van der Waals surface area contributed by atoms with Crippen molar-refractivity contribution in [3.8, 4) is 11.3 Å². The summed E-state index contributed by atoms with van der Waals surface area (Å²) < 4.78 is 37.8. The molecule has 1 N–H and O–H groups in total. The van der Waals surface area contributed by atoms with Crippen LogP contribution in [0.4, 0.5) is 8.78 Å². The van der Waals surface area contributed by atoms with E-state index in [4.69, 9.17) is 8.94 Å². The highest BCUT2D eigenvalue weighted by Gasteiger charge is 2.25. The summed E-state index contributed by atoms with van der Waals surface area (Å²) in [7, 11) is 2.03. The summed E-state index contributed by atoms with van der Waals surface area (Å²) in [5.74, 6) is 0.498. The maximum atomic E-state index is 13.8. The number of hydrogen-bond acceptors (Lipinski definition) is 7. The summed E-state index contributed by atoms with van der Waals surface area (Å²) in [5.41, 5.74) is 0.170. The molecule has 0 saturated carbocycles. The second-order valence-electron chi connectivity index (χ2n) is 6.49. The summed E-state index contributed by atoms with van der Waals surface area (Å²) in [6.07, 6.45) is 2.32. The molecule has 1 aromatic carbocycles. The predicted octanol–water partition coefficient (Wildman–Crippen LogP) is 2.36. The van der Waals surface area contributed by atoms with Gasteiger partial charge in [-0.2, -0.15) is 4.98 Å². The number of rotatable bonds is 5. The van der Waals surface area contributed by atoms with Crippen molar-refractivity contribution in [3.63, 3.8) is 0 Å². The Morgan fingerprint density at radius 1 is 1.26 bits per heavy atom. The molecule has 9 heteroatoms. The van der Waals surface area contributed by atoms with Gasteiger partial charge in [0.15, 0.2) is 17.5 Å². The molecule has 3 aromatic rings. The summed E-state index contributed by atoms with van der Waals surface area (Å²) in [4.78, 5) is 10.8. The molecule has 27 heavy (non-hydrogen) atoms. The summed E-state index contributed by atoms with van der Waals surface area (Å²) in [6, 6.07) is 3.41. The van der Waals surface area contributed by atoms with Crippen LogP contribution in [0, 0.1) is 11.6 Å². The minimum Gasteiger partial charge on any atom is -0.441 e. The molecule has 142 valence electrons. The number of halogens is 2. The number of likely N-dealkylation sites (N-methyl/N-ethyl adjacent to an activating group) is 1. The van der Waals surface area contributed by atoms with Gasteiger partial charge in [0.1, 0.15) is 11.6 Å². The van der Waals surface area contributed by atoms with Crippen LogP contribution in [0.1, 0.15) is 23.6 Å². The quantitative estimate of drug-likeness (QED) is 0.733. The van der Waals surface area contributed by atoms with Crippen molar-refractivity contribution >= 4 is 0 Å². The molecule has 0 spiro atoms. The van der Waals surface area contributed by atoms with Crippen LogP contribution >= 0.6 is 0 Å². The average molecular weight is 375 g/mol. The Labute approximate surface area is 154 Å². The second kappa shape index (κ2) is 7.53. The van der Waals surface area contributed by atoms with Crippen LogP contribution in [0.25, 0.3) is 11.3 Å². The first-order valence-corrected chi connectivity index (χ1v) is 8.74. The van der Waals surface area contributed by atoms with Gasteiger partial charge in [-0.1, -0.05) is 5.16 Å². The van der Waals surface area contributed by atoms with Crippen molar-refractivity contribution in [3.05, 3.63) is 53.6 Å². The maximum Gasteiger partial charge on any atom is 0.227 e. The molecular formula is C18H19F2N5O2. The molecule has 0 aliphatic carbocycles. The molecule has 0 bridgehead atoms. The highest BCUT2D eigenvalue weighted by Crippen LogP contribution is 2.25. The highest BCUT2D eigenvalue weighted by molar-refractivity contribution is 5.57. The van der Waals surface area contributed by atoms with Gasteiger partial charge in [0.05, 0.1) is 17.8 Å². The van der Waals surface area contributed by atoms with Crippen LogP contribution in [-0.2, 0) is 12.8 Å². The third-order valence-electron chi connectivity index (χ3n) is 4.60. The fourth-order valence-corrected chi connectivity index (χ4v) is 3.05. The van der Waals surface area contributed by atoms with Gasteiger partial charge in [-0.15, -0.1) is 0 Å². The Balaban J connectivity index is 1.40. The normalized spacial score (nSPS) is 18.1. The second-order valence-corrected chi connectivity index (χ2v) is 6.49. The van der Waals surface area contributed by atoms with E-state index in [2.05, 4.69) is 25.3 Å². The van der Waals surface area contributed by atoms with Gasteiger partial charge in [0.2, 0.25) is 5.89 Å². The first-order chi connectivity index (χ1) is 13.1. The number of aryl methyl sites for hydroxylation is 2. The lowest BCUT2D eigenvalue weighted by atomic mass is 10.2. The van der Waals surface area contributed by atoms with Crippen LogP contribution < -0.4 is 5.32 Å². The van der Waals surface area contributed by atoms with Crippen molar-refractivity contribution in [2.45, 2.75) is 18.9 Å². The Bertz CT molecular complexity index is 926. The van der Waals surface area contributed by atoms with E-state index in [1.54, 1.807) is 0 Å². The Morgan fingerprint density at radius 3 is 2.93 bits per heavy atom. The topological polar surface area (TPSA) is 80.2 Å².